The molecule has 10 nitrogen and oxygen atoms in total. The highest BCUT2D eigenvalue weighted by molar-refractivity contribution is 5.68. The van der Waals surface area contributed by atoms with Crippen molar-refractivity contribution < 1.29 is 38.0 Å². The average Bonchev–Trinajstić information content (AvgIpc) is 3.12. The number of nitrogens with zero attached hydrogens (tertiary/aromatic N) is 2. The third-order valence-electron chi connectivity index (χ3n) is 10.1. The Morgan fingerprint density at radius 3 is 2.06 bits per heavy atom. The summed E-state index contributed by atoms with van der Waals surface area (Å²) in [5, 5.41) is 0. The number of hydrogen-bond donors (Lipinski definition) is 0. The molecule has 4 aliphatic heterocycles. The van der Waals surface area contributed by atoms with E-state index in [0.717, 1.165) is 59.2 Å². The van der Waals surface area contributed by atoms with Crippen molar-refractivity contribution >= 4 is 6.41 Å². The highest BCUT2D eigenvalue weighted by Crippen LogP contribution is 2.54. The first kappa shape index (κ1) is 32.5. The van der Waals surface area contributed by atoms with Crippen molar-refractivity contribution in [2.75, 3.05) is 55.7 Å². The Hall–Kier alpha value is -5.09. The standard InChI is InChI=1S/C39H42N2O8/c1-40-15-14-27-28-21-34(45-4)37(46-5)36(27)49-39-35-25(20-33(44-3)38(39)47-6)13-16-41(22-42)30(35)18-24-9-12-31(43-2)32(19-24)48-26-10-7-23(8-11-26)17-29(28)40/h7-12,19-22,29-30H,13-18H2,1-6H3/t29-,30+/m1/s1. The van der Waals surface area contributed by atoms with E-state index >= 15 is 0 Å². The van der Waals surface area contributed by atoms with Crippen LogP contribution >= 0.6 is 0 Å². The predicted octanol–water partition coefficient (Wildman–Crippen LogP) is 6.70. The molecule has 4 aromatic carbocycles. The first-order chi connectivity index (χ1) is 23.9. The maximum Gasteiger partial charge on any atom is 0.210 e. The van der Waals surface area contributed by atoms with E-state index in [2.05, 4.69) is 30.1 Å². The second kappa shape index (κ2) is 13.4. The Labute approximate surface area is 287 Å². The number of benzene rings is 4. The van der Waals surface area contributed by atoms with E-state index in [1.165, 1.54) is 0 Å². The zero-order valence-corrected chi connectivity index (χ0v) is 28.8. The molecule has 0 spiro atoms. The zero-order chi connectivity index (χ0) is 34.2. The van der Waals surface area contributed by atoms with E-state index < -0.39 is 0 Å². The Bertz CT molecular complexity index is 1870. The molecule has 4 heterocycles. The zero-order valence-electron chi connectivity index (χ0n) is 28.8. The smallest absolute Gasteiger partial charge is 0.210 e. The fraction of sp³-hybridized carbons (Fsp3) is 0.359. The summed E-state index contributed by atoms with van der Waals surface area (Å²) in [7, 11) is 10.3. The Morgan fingerprint density at radius 2 is 1.37 bits per heavy atom. The van der Waals surface area contributed by atoms with Gasteiger partial charge in [-0.15, -0.1) is 0 Å². The number of amides is 1. The van der Waals surface area contributed by atoms with Gasteiger partial charge in [0.2, 0.25) is 17.9 Å². The largest absolute Gasteiger partial charge is 0.493 e. The molecule has 0 fully saturated rings. The lowest BCUT2D eigenvalue weighted by Crippen LogP contribution is -2.36. The molecule has 10 heteroatoms. The molecule has 0 aromatic heterocycles. The van der Waals surface area contributed by atoms with Crippen molar-refractivity contribution in [3.63, 3.8) is 0 Å². The third-order valence-corrected chi connectivity index (χ3v) is 10.1. The molecule has 0 radical (unpaired) electrons. The van der Waals surface area contributed by atoms with Crippen LogP contribution in [-0.4, -0.2) is 71.9 Å². The van der Waals surface area contributed by atoms with Gasteiger partial charge in [-0.05, 0) is 91.4 Å². The number of methoxy groups -OCH3 is 5. The molecule has 4 aromatic rings. The molecule has 0 unspecified atom stereocenters. The van der Waals surface area contributed by atoms with E-state index in [9.17, 15) is 4.79 Å². The normalized spacial score (nSPS) is 18.2. The highest BCUT2D eigenvalue weighted by atomic mass is 16.6. The summed E-state index contributed by atoms with van der Waals surface area (Å²) < 4.78 is 43.2. The number of carbonyl (C=O) groups is 1. The number of fused-ring (bicyclic) bond motifs is 2. The minimum Gasteiger partial charge on any atom is -0.493 e. The topological polar surface area (TPSA) is 88.2 Å². The molecule has 8 bridgehead atoms. The molecular formula is C39H42N2O8. The van der Waals surface area contributed by atoms with Crippen LogP contribution in [0.3, 0.4) is 0 Å². The van der Waals surface area contributed by atoms with Gasteiger partial charge in [0.25, 0.3) is 0 Å². The summed E-state index contributed by atoms with van der Waals surface area (Å²) in [5.41, 5.74) is 6.14. The summed E-state index contributed by atoms with van der Waals surface area (Å²) in [6.45, 7) is 1.35. The molecule has 256 valence electrons. The first-order valence-corrected chi connectivity index (χ1v) is 16.5. The molecule has 0 saturated carbocycles. The Balaban J connectivity index is 1.52. The summed E-state index contributed by atoms with van der Waals surface area (Å²) in [6, 6.07) is 17.8. The number of carbonyl (C=O) groups excluding carboxylic acids is 1. The molecule has 8 rings (SSSR count). The average molecular weight is 667 g/mol. The summed E-state index contributed by atoms with van der Waals surface area (Å²) in [5.74, 6) is 5.03. The van der Waals surface area contributed by atoms with Gasteiger partial charge in [-0.1, -0.05) is 18.2 Å². The Morgan fingerprint density at radius 1 is 0.694 bits per heavy atom. The van der Waals surface area contributed by atoms with Crippen LogP contribution in [0.1, 0.15) is 45.5 Å². The van der Waals surface area contributed by atoms with E-state index in [0.29, 0.717) is 71.1 Å². The van der Waals surface area contributed by atoms with Crippen LogP contribution < -0.4 is 33.2 Å². The van der Waals surface area contributed by atoms with Gasteiger partial charge in [0.1, 0.15) is 5.75 Å². The van der Waals surface area contributed by atoms with E-state index in [-0.39, 0.29) is 12.1 Å². The van der Waals surface area contributed by atoms with Crippen molar-refractivity contribution in [1.29, 1.82) is 0 Å². The maximum atomic E-state index is 12.7. The second-order valence-electron chi connectivity index (χ2n) is 12.6. The highest BCUT2D eigenvalue weighted by Gasteiger charge is 2.37. The molecular weight excluding hydrogens is 624 g/mol. The number of rotatable bonds is 6. The van der Waals surface area contributed by atoms with Crippen LogP contribution in [0.2, 0.25) is 0 Å². The fourth-order valence-electron chi connectivity index (χ4n) is 7.54. The fourth-order valence-corrected chi connectivity index (χ4v) is 7.54. The maximum absolute atomic E-state index is 12.7. The van der Waals surface area contributed by atoms with Crippen LogP contribution in [0.5, 0.6) is 51.7 Å². The summed E-state index contributed by atoms with van der Waals surface area (Å²) >= 11 is 0. The molecule has 4 aliphatic rings. The lowest BCUT2D eigenvalue weighted by molar-refractivity contribution is -0.120. The Kier molecular flexibility index (Phi) is 8.90. The van der Waals surface area contributed by atoms with Crippen LogP contribution in [0.25, 0.3) is 0 Å². The van der Waals surface area contributed by atoms with Crippen molar-refractivity contribution in [2.45, 2.75) is 37.8 Å². The van der Waals surface area contributed by atoms with Gasteiger partial charge < -0.3 is 38.1 Å². The summed E-state index contributed by atoms with van der Waals surface area (Å²) in [4.78, 5) is 16.9. The predicted molar refractivity (Wildman–Crippen MR) is 184 cm³/mol. The molecule has 0 N–H and O–H groups in total. The monoisotopic (exact) mass is 666 g/mol. The SMILES string of the molecule is COc1ccc2cc1Oc1ccc(cc1)C[C@@H]1c3cc(OC)c(OC)c(c3CCN1C)Oc1c(OC)c(OC)cc3c1[C@H](C2)N(C=O)CC3. The lowest BCUT2D eigenvalue weighted by Gasteiger charge is -2.38. The van der Waals surface area contributed by atoms with Crippen LogP contribution in [0.15, 0.2) is 54.6 Å². The van der Waals surface area contributed by atoms with Crippen molar-refractivity contribution in [1.82, 2.24) is 9.80 Å². The van der Waals surface area contributed by atoms with Crippen molar-refractivity contribution in [3.05, 3.63) is 88.0 Å². The minimum absolute atomic E-state index is 0.0350. The van der Waals surface area contributed by atoms with Crippen LogP contribution in [0, 0.1) is 0 Å². The quantitative estimate of drug-likeness (QED) is 0.209. The minimum atomic E-state index is -0.387. The van der Waals surface area contributed by atoms with Crippen LogP contribution in [0.4, 0.5) is 0 Å². The first-order valence-electron chi connectivity index (χ1n) is 16.5. The molecule has 1 amide bonds. The van der Waals surface area contributed by atoms with Gasteiger partial charge in [-0.25, -0.2) is 0 Å². The lowest BCUT2D eigenvalue weighted by atomic mass is 9.86. The van der Waals surface area contributed by atoms with E-state index in [1.54, 1.807) is 35.5 Å². The molecule has 0 saturated heterocycles. The van der Waals surface area contributed by atoms with Gasteiger partial charge in [0.15, 0.2) is 34.5 Å². The molecule has 0 aliphatic carbocycles. The van der Waals surface area contributed by atoms with Crippen LogP contribution in [-0.2, 0) is 30.5 Å². The van der Waals surface area contributed by atoms with Gasteiger partial charge >= 0.3 is 0 Å². The van der Waals surface area contributed by atoms with E-state index in [4.69, 9.17) is 33.2 Å². The van der Waals surface area contributed by atoms with Crippen molar-refractivity contribution in [2.24, 2.45) is 0 Å². The van der Waals surface area contributed by atoms with Gasteiger partial charge in [0, 0.05) is 30.3 Å². The van der Waals surface area contributed by atoms with Crippen molar-refractivity contribution in [3.8, 4) is 51.7 Å². The molecule has 49 heavy (non-hydrogen) atoms. The third kappa shape index (κ3) is 5.73. The molecule has 2 atom stereocenters. The van der Waals surface area contributed by atoms with Gasteiger partial charge in [0.05, 0.1) is 41.6 Å². The van der Waals surface area contributed by atoms with E-state index in [1.807, 2.05) is 41.3 Å². The summed E-state index contributed by atoms with van der Waals surface area (Å²) in [6.07, 6.45) is 3.51. The number of ether oxygens (including phenoxy) is 7. The van der Waals surface area contributed by atoms with Gasteiger partial charge in [-0.3, -0.25) is 9.69 Å². The number of likely N-dealkylation sites (N-methyl/N-ethyl adjacent to an activating group) is 1. The second-order valence-corrected chi connectivity index (χ2v) is 12.6. The van der Waals surface area contributed by atoms with Gasteiger partial charge in [-0.2, -0.15) is 0 Å². The number of hydrogen-bond acceptors (Lipinski definition) is 9.